The minimum Gasteiger partial charge on any atom is -0.449 e. The molecule has 27 heavy (non-hydrogen) atoms. The molecule has 1 amide bonds. The highest BCUT2D eigenvalue weighted by Crippen LogP contribution is 2.23. The zero-order valence-electron chi connectivity index (χ0n) is 15.2. The van der Waals surface area contributed by atoms with E-state index in [1.807, 2.05) is 12.1 Å². The number of unbranched alkanes of at least 4 members (excludes halogenated alkanes) is 1. The van der Waals surface area contributed by atoms with Crippen LogP contribution in [0.5, 0.6) is 0 Å². The standard InChI is InChI=1S/C20H22Cl2N2O3/c1-3-4-9-23-18-8-6-5-7-17(18)20(26)27-13(2)19(25)24-16-11-14(21)10-15(22)12-16/h5-8,10-13,23H,3-4,9H2,1-2H3,(H,24,25)/t13-/m1/s1. The lowest BCUT2D eigenvalue weighted by Gasteiger charge is -2.16. The van der Waals surface area contributed by atoms with E-state index in [0.29, 0.717) is 27.0 Å². The number of anilines is 2. The Bertz CT molecular complexity index is 791. The van der Waals surface area contributed by atoms with Gasteiger partial charge < -0.3 is 15.4 Å². The first-order valence-corrected chi connectivity index (χ1v) is 9.47. The third kappa shape index (κ3) is 6.45. The zero-order chi connectivity index (χ0) is 19.8. The van der Waals surface area contributed by atoms with Crippen LogP contribution in [0.2, 0.25) is 10.0 Å². The molecule has 0 radical (unpaired) electrons. The van der Waals surface area contributed by atoms with Crippen molar-refractivity contribution in [1.82, 2.24) is 0 Å². The number of halogens is 2. The molecule has 2 aromatic carbocycles. The Hall–Kier alpha value is -2.24. The van der Waals surface area contributed by atoms with Gasteiger partial charge in [-0.25, -0.2) is 4.79 Å². The number of ether oxygens (including phenoxy) is 1. The zero-order valence-corrected chi connectivity index (χ0v) is 16.7. The summed E-state index contributed by atoms with van der Waals surface area (Å²) in [4.78, 5) is 24.8. The third-order valence-corrected chi connectivity index (χ3v) is 4.21. The highest BCUT2D eigenvalue weighted by atomic mass is 35.5. The number of carbonyl (C=O) groups is 2. The summed E-state index contributed by atoms with van der Waals surface area (Å²) in [6.45, 7) is 4.36. The van der Waals surface area contributed by atoms with Crippen LogP contribution in [-0.4, -0.2) is 24.5 Å². The normalized spacial score (nSPS) is 11.6. The average molecular weight is 409 g/mol. The molecule has 0 saturated heterocycles. The van der Waals surface area contributed by atoms with Crippen molar-refractivity contribution >= 4 is 46.5 Å². The number of benzene rings is 2. The molecule has 0 aromatic heterocycles. The van der Waals surface area contributed by atoms with Crippen molar-refractivity contribution in [3.63, 3.8) is 0 Å². The Morgan fingerprint density at radius 2 is 1.78 bits per heavy atom. The number of rotatable bonds is 8. The highest BCUT2D eigenvalue weighted by molar-refractivity contribution is 6.35. The van der Waals surface area contributed by atoms with Gasteiger partial charge >= 0.3 is 5.97 Å². The van der Waals surface area contributed by atoms with Crippen molar-refractivity contribution in [2.75, 3.05) is 17.2 Å². The van der Waals surface area contributed by atoms with Crippen LogP contribution in [0.25, 0.3) is 0 Å². The van der Waals surface area contributed by atoms with Crippen LogP contribution in [0.3, 0.4) is 0 Å². The molecule has 2 aromatic rings. The maximum atomic E-state index is 12.5. The minimum absolute atomic E-state index is 0.388. The quantitative estimate of drug-likeness (QED) is 0.453. The fraction of sp³-hybridized carbons (Fsp3) is 0.300. The first-order chi connectivity index (χ1) is 12.9. The Morgan fingerprint density at radius 1 is 1.11 bits per heavy atom. The van der Waals surface area contributed by atoms with Crippen molar-refractivity contribution < 1.29 is 14.3 Å². The van der Waals surface area contributed by atoms with Crippen LogP contribution >= 0.6 is 23.2 Å². The van der Waals surface area contributed by atoms with Gasteiger partial charge in [-0.3, -0.25) is 4.79 Å². The molecule has 0 saturated carbocycles. The van der Waals surface area contributed by atoms with E-state index in [2.05, 4.69) is 17.6 Å². The lowest BCUT2D eigenvalue weighted by atomic mass is 10.1. The van der Waals surface area contributed by atoms with E-state index in [0.717, 1.165) is 19.4 Å². The van der Waals surface area contributed by atoms with Crippen molar-refractivity contribution in [1.29, 1.82) is 0 Å². The van der Waals surface area contributed by atoms with Gasteiger partial charge in [-0.1, -0.05) is 48.7 Å². The molecular weight excluding hydrogens is 387 g/mol. The second-order valence-electron chi connectivity index (χ2n) is 6.02. The number of hydrogen-bond acceptors (Lipinski definition) is 4. The van der Waals surface area contributed by atoms with Crippen LogP contribution < -0.4 is 10.6 Å². The first-order valence-electron chi connectivity index (χ1n) is 8.71. The first kappa shape index (κ1) is 21.1. The van der Waals surface area contributed by atoms with E-state index in [9.17, 15) is 9.59 Å². The van der Waals surface area contributed by atoms with E-state index in [1.165, 1.54) is 6.92 Å². The van der Waals surface area contributed by atoms with Gasteiger partial charge in [0, 0.05) is 28.0 Å². The lowest BCUT2D eigenvalue weighted by Crippen LogP contribution is -2.30. The number of amides is 1. The van der Waals surface area contributed by atoms with Crippen LogP contribution in [0, 0.1) is 0 Å². The molecule has 2 rings (SSSR count). The van der Waals surface area contributed by atoms with Crippen molar-refractivity contribution in [3.05, 3.63) is 58.1 Å². The van der Waals surface area contributed by atoms with Crippen LogP contribution in [0.15, 0.2) is 42.5 Å². The van der Waals surface area contributed by atoms with Crippen LogP contribution in [0.1, 0.15) is 37.0 Å². The van der Waals surface area contributed by atoms with Crippen LogP contribution in [0.4, 0.5) is 11.4 Å². The topological polar surface area (TPSA) is 67.4 Å². The molecule has 0 fully saturated rings. The Labute approximate surface area is 169 Å². The molecule has 1 atom stereocenters. The lowest BCUT2D eigenvalue weighted by molar-refractivity contribution is -0.123. The maximum Gasteiger partial charge on any atom is 0.341 e. The molecule has 0 aliphatic rings. The molecule has 0 aliphatic carbocycles. The van der Waals surface area contributed by atoms with Gasteiger partial charge in [0.1, 0.15) is 0 Å². The van der Waals surface area contributed by atoms with E-state index in [1.54, 1.807) is 30.3 Å². The van der Waals surface area contributed by atoms with E-state index in [-0.39, 0.29) is 0 Å². The summed E-state index contributed by atoms with van der Waals surface area (Å²) in [5, 5.41) is 6.65. The minimum atomic E-state index is -0.987. The molecule has 0 spiro atoms. The molecule has 2 N–H and O–H groups in total. The van der Waals surface area contributed by atoms with Gasteiger partial charge in [0.2, 0.25) is 0 Å². The molecular formula is C20H22Cl2N2O3. The van der Waals surface area contributed by atoms with Crippen LogP contribution in [-0.2, 0) is 9.53 Å². The van der Waals surface area contributed by atoms with Crippen molar-refractivity contribution in [3.8, 4) is 0 Å². The Balaban J connectivity index is 2.01. The van der Waals surface area contributed by atoms with E-state index < -0.39 is 18.0 Å². The second-order valence-corrected chi connectivity index (χ2v) is 6.89. The summed E-state index contributed by atoms with van der Waals surface area (Å²) in [6.07, 6.45) is 1.05. The average Bonchev–Trinajstić information content (AvgIpc) is 2.61. The van der Waals surface area contributed by atoms with Crippen molar-refractivity contribution in [2.24, 2.45) is 0 Å². The number of carbonyl (C=O) groups excluding carboxylic acids is 2. The molecule has 0 heterocycles. The van der Waals surface area contributed by atoms with E-state index in [4.69, 9.17) is 27.9 Å². The van der Waals surface area contributed by atoms with Gasteiger partial charge in [0.05, 0.1) is 5.56 Å². The monoisotopic (exact) mass is 408 g/mol. The van der Waals surface area contributed by atoms with E-state index >= 15 is 0 Å². The molecule has 7 heteroatoms. The number of nitrogens with one attached hydrogen (secondary N) is 2. The summed E-state index contributed by atoms with van der Waals surface area (Å²) < 4.78 is 5.32. The largest absolute Gasteiger partial charge is 0.449 e. The highest BCUT2D eigenvalue weighted by Gasteiger charge is 2.21. The molecule has 0 unspecified atom stereocenters. The number of para-hydroxylation sites is 1. The summed E-state index contributed by atoms with van der Waals surface area (Å²) >= 11 is 11.8. The fourth-order valence-electron chi connectivity index (χ4n) is 2.36. The fourth-order valence-corrected chi connectivity index (χ4v) is 2.89. The summed E-state index contributed by atoms with van der Waals surface area (Å²) in [5.74, 6) is -1.04. The van der Waals surface area contributed by atoms with Crippen molar-refractivity contribution in [2.45, 2.75) is 32.8 Å². The Kier molecular flexibility index (Phi) is 7.95. The van der Waals surface area contributed by atoms with Gasteiger partial charge in [-0.15, -0.1) is 0 Å². The molecule has 0 bridgehead atoms. The molecule has 0 aliphatic heterocycles. The summed E-state index contributed by atoms with van der Waals surface area (Å²) in [5.41, 5.74) is 1.51. The molecule has 144 valence electrons. The predicted octanol–water partition coefficient (Wildman–Crippen LogP) is 5.39. The number of hydrogen-bond donors (Lipinski definition) is 2. The maximum absolute atomic E-state index is 12.5. The van der Waals surface area contributed by atoms with Gasteiger partial charge in [-0.05, 0) is 43.7 Å². The smallest absolute Gasteiger partial charge is 0.341 e. The second kappa shape index (κ2) is 10.2. The summed E-state index contributed by atoms with van der Waals surface area (Å²) in [7, 11) is 0. The third-order valence-electron chi connectivity index (χ3n) is 3.78. The Morgan fingerprint density at radius 3 is 2.44 bits per heavy atom. The van der Waals surface area contributed by atoms with Gasteiger partial charge in [0.15, 0.2) is 6.10 Å². The predicted molar refractivity (Wildman–Crippen MR) is 110 cm³/mol. The van der Waals surface area contributed by atoms with Gasteiger partial charge in [0.25, 0.3) is 5.91 Å². The number of esters is 1. The molecule has 5 nitrogen and oxygen atoms in total. The SMILES string of the molecule is CCCCNc1ccccc1C(=O)O[C@H](C)C(=O)Nc1cc(Cl)cc(Cl)c1. The van der Waals surface area contributed by atoms with Gasteiger partial charge in [-0.2, -0.15) is 0 Å². The summed E-state index contributed by atoms with van der Waals surface area (Å²) in [6, 6.07) is 11.7.